The summed E-state index contributed by atoms with van der Waals surface area (Å²) in [5.74, 6) is -15.9. The number of para-hydroxylation sites is 1. The van der Waals surface area contributed by atoms with E-state index in [4.69, 9.17) is 16.0 Å². The van der Waals surface area contributed by atoms with E-state index < -0.39 is 39.1 Å². The van der Waals surface area contributed by atoms with Crippen molar-refractivity contribution < 1.29 is 56.5 Å². The molecule has 0 saturated heterocycles. The van der Waals surface area contributed by atoms with Gasteiger partial charge >= 0.3 is 33.4 Å². The van der Waals surface area contributed by atoms with Crippen molar-refractivity contribution in [3.63, 3.8) is 0 Å². The van der Waals surface area contributed by atoms with Gasteiger partial charge in [0.05, 0.1) is 10.4 Å². The van der Waals surface area contributed by atoms with Gasteiger partial charge in [-0.25, -0.2) is 0 Å². The lowest BCUT2D eigenvalue weighted by Gasteiger charge is -2.32. The van der Waals surface area contributed by atoms with Crippen LogP contribution in [0.5, 0.6) is 5.75 Å². The van der Waals surface area contributed by atoms with E-state index in [2.05, 4.69) is 4.18 Å². The molecule has 3 rings (SSSR count). The van der Waals surface area contributed by atoms with Gasteiger partial charge in [0, 0.05) is 5.39 Å². The van der Waals surface area contributed by atoms with Crippen LogP contribution in [0.15, 0.2) is 40.8 Å². The summed E-state index contributed by atoms with van der Waals surface area (Å²) in [7, 11) is -7.10. The monoisotopic (exact) mass is 500 g/mol. The van der Waals surface area contributed by atoms with Crippen molar-refractivity contribution in [1.82, 2.24) is 0 Å². The Balaban J connectivity index is 2.15. The zero-order chi connectivity index (χ0) is 23.6. The third-order valence-corrected chi connectivity index (χ3v) is 5.65. The second kappa shape index (κ2) is 6.82. The minimum Gasteiger partial charge on any atom is -0.454 e. The molecule has 0 bridgehead atoms. The van der Waals surface area contributed by atoms with Gasteiger partial charge in [0.1, 0.15) is 5.58 Å². The molecule has 1 heterocycles. The number of fused-ring (bicyclic) bond motifs is 3. The molecule has 3 aromatic rings. The number of halogens is 10. The van der Waals surface area contributed by atoms with Crippen molar-refractivity contribution >= 4 is 43.7 Å². The summed E-state index contributed by atoms with van der Waals surface area (Å²) in [4.78, 5) is 0. The fourth-order valence-corrected chi connectivity index (χ4v) is 3.67. The first-order valence-corrected chi connectivity index (χ1v) is 9.48. The van der Waals surface area contributed by atoms with Gasteiger partial charge in [-0.1, -0.05) is 29.8 Å². The molecule has 0 aliphatic carbocycles. The summed E-state index contributed by atoms with van der Waals surface area (Å²) in [5, 5.41) is -7.43. The Morgan fingerprint density at radius 1 is 0.839 bits per heavy atom. The summed E-state index contributed by atoms with van der Waals surface area (Å²) in [6.45, 7) is 0. The molecule has 31 heavy (non-hydrogen) atoms. The van der Waals surface area contributed by atoms with Gasteiger partial charge in [-0.3, -0.25) is 0 Å². The zero-order valence-corrected chi connectivity index (χ0v) is 15.9. The second-order valence-corrected chi connectivity index (χ2v) is 8.04. The van der Waals surface area contributed by atoms with Crippen molar-refractivity contribution in [3.05, 3.63) is 41.4 Å². The Morgan fingerprint density at radius 2 is 1.42 bits per heavy atom. The van der Waals surface area contributed by atoms with Crippen LogP contribution in [0.1, 0.15) is 0 Å². The predicted molar refractivity (Wildman–Crippen MR) is 89.2 cm³/mol. The van der Waals surface area contributed by atoms with Crippen LogP contribution >= 0.6 is 11.6 Å². The van der Waals surface area contributed by atoms with Gasteiger partial charge in [0.25, 0.3) is 0 Å². The average molecular weight is 501 g/mol. The minimum absolute atomic E-state index is 0.0239. The molecule has 0 fully saturated rings. The smallest absolute Gasteiger partial charge is 0.454 e. The molecule has 0 amide bonds. The largest absolute Gasteiger partial charge is 0.460 e. The molecule has 0 atom stereocenters. The summed E-state index contributed by atoms with van der Waals surface area (Å²) in [6.07, 6.45) is -7.19. The number of hydrogen-bond donors (Lipinski definition) is 0. The van der Waals surface area contributed by atoms with E-state index in [1.807, 2.05) is 0 Å². The molecule has 2 aromatic carbocycles. The maximum absolute atomic E-state index is 13.9. The molecule has 0 aliphatic rings. The maximum Gasteiger partial charge on any atom is 0.460 e. The van der Waals surface area contributed by atoms with Crippen LogP contribution in [-0.2, 0) is 10.1 Å². The zero-order valence-electron chi connectivity index (χ0n) is 14.3. The first kappa shape index (κ1) is 23.3. The van der Waals surface area contributed by atoms with Crippen LogP contribution in [-0.4, -0.2) is 31.7 Å². The third kappa shape index (κ3) is 3.26. The van der Waals surface area contributed by atoms with E-state index in [9.17, 15) is 47.9 Å². The lowest BCUT2D eigenvalue weighted by molar-refractivity contribution is -0.382. The van der Waals surface area contributed by atoms with E-state index in [0.29, 0.717) is 6.07 Å². The highest BCUT2D eigenvalue weighted by atomic mass is 35.5. The van der Waals surface area contributed by atoms with Crippen molar-refractivity contribution in [2.45, 2.75) is 23.3 Å². The number of benzene rings is 2. The molecule has 0 spiro atoms. The van der Waals surface area contributed by atoms with E-state index in [1.54, 1.807) is 0 Å². The number of furan rings is 1. The number of alkyl halides is 9. The van der Waals surface area contributed by atoms with Crippen molar-refractivity contribution in [3.8, 4) is 5.75 Å². The van der Waals surface area contributed by atoms with E-state index >= 15 is 0 Å². The molecule has 0 N–H and O–H groups in total. The molecular formula is C16H6ClF9O4S. The number of hydrogen-bond acceptors (Lipinski definition) is 4. The Hall–Kier alpha value is -2.35. The SMILES string of the molecule is O=S(=O)(Oc1cccc2oc3c(Cl)cccc3c12)C(F)(F)C(F)(F)C(F)(F)C(F)(F)F. The van der Waals surface area contributed by atoms with Crippen LogP contribution in [0.25, 0.3) is 21.9 Å². The minimum atomic E-state index is -7.41. The fraction of sp³-hybridized carbons (Fsp3) is 0.250. The summed E-state index contributed by atoms with van der Waals surface area (Å²) in [6, 6.07) is 6.71. The van der Waals surface area contributed by atoms with Crippen molar-refractivity contribution in [2.24, 2.45) is 0 Å². The van der Waals surface area contributed by atoms with Crippen LogP contribution in [0, 0.1) is 0 Å². The van der Waals surface area contributed by atoms with E-state index in [-0.39, 0.29) is 27.0 Å². The quantitative estimate of drug-likeness (QED) is 0.302. The summed E-state index contributed by atoms with van der Waals surface area (Å²) < 4.78 is 150. The van der Waals surface area contributed by atoms with Crippen LogP contribution in [0.3, 0.4) is 0 Å². The average Bonchev–Trinajstić information content (AvgIpc) is 3.01. The topological polar surface area (TPSA) is 56.5 Å². The Kier molecular flexibility index (Phi) is 5.13. The van der Waals surface area contributed by atoms with Crippen LogP contribution in [0.2, 0.25) is 5.02 Å². The highest BCUT2D eigenvalue weighted by molar-refractivity contribution is 7.88. The molecule has 15 heteroatoms. The molecule has 0 unspecified atom stereocenters. The highest BCUT2D eigenvalue weighted by Crippen LogP contribution is 2.55. The standard InChI is InChI=1S/C16H6ClF9O4S/c17-8-4-1-3-7-11-9(29-12(7)8)5-2-6-10(11)30-31(27,28)16(25,26)14(20,21)13(18,19)15(22,23)24/h1-6H. The van der Waals surface area contributed by atoms with Gasteiger partial charge in [-0.2, -0.15) is 47.9 Å². The van der Waals surface area contributed by atoms with Gasteiger partial charge in [0.2, 0.25) is 0 Å². The first-order valence-electron chi connectivity index (χ1n) is 7.69. The molecule has 170 valence electrons. The summed E-state index contributed by atoms with van der Waals surface area (Å²) in [5.41, 5.74) is -0.320. The van der Waals surface area contributed by atoms with E-state index in [1.165, 1.54) is 24.3 Å². The molecule has 0 radical (unpaired) electrons. The van der Waals surface area contributed by atoms with Crippen LogP contribution < -0.4 is 4.18 Å². The lowest BCUT2D eigenvalue weighted by Crippen LogP contribution is -2.63. The number of rotatable bonds is 5. The molecule has 4 nitrogen and oxygen atoms in total. The maximum atomic E-state index is 13.9. The second-order valence-electron chi connectivity index (χ2n) is 6.05. The van der Waals surface area contributed by atoms with Gasteiger partial charge < -0.3 is 8.60 Å². The van der Waals surface area contributed by atoms with Gasteiger partial charge in [0.15, 0.2) is 11.3 Å². The normalized spacial score (nSPS) is 14.4. The lowest BCUT2D eigenvalue weighted by atomic mass is 10.1. The van der Waals surface area contributed by atoms with Crippen molar-refractivity contribution in [2.75, 3.05) is 0 Å². The molecule has 0 saturated carbocycles. The molecular weight excluding hydrogens is 495 g/mol. The third-order valence-electron chi connectivity index (χ3n) is 4.07. The Bertz CT molecular complexity index is 1270. The fourth-order valence-electron chi connectivity index (χ4n) is 2.54. The summed E-state index contributed by atoms with van der Waals surface area (Å²) >= 11 is 5.88. The van der Waals surface area contributed by atoms with E-state index in [0.717, 1.165) is 6.07 Å². The van der Waals surface area contributed by atoms with Crippen LogP contribution in [0.4, 0.5) is 39.5 Å². The first-order chi connectivity index (χ1) is 14.0. The molecule has 1 aromatic heterocycles. The Labute approximate surface area is 171 Å². The van der Waals surface area contributed by atoms with Gasteiger partial charge in [-0.05, 0) is 18.2 Å². The highest BCUT2D eigenvalue weighted by Gasteiger charge is 2.86. The van der Waals surface area contributed by atoms with Gasteiger partial charge in [-0.15, -0.1) is 0 Å². The predicted octanol–water partition coefficient (Wildman–Crippen LogP) is 6.37. The molecule has 0 aliphatic heterocycles. The van der Waals surface area contributed by atoms with Crippen molar-refractivity contribution in [1.29, 1.82) is 0 Å². The Morgan fingerprint density at radius 3 is 2.00 bits per heavy atom.